The Balaban J connectivity index is 1.85. The summed E-state index contributed by atoms with van der Waals surface area (Å²) < 4.78 is 16.8. The van der Waals surface area contributed by atoms with E-state index in [1.165, 1.54) is 16.3 Å². The number of benzene rings is 1. The molecule has 2 aromatic rings. The Morgan fingerprint density at radius 3 is 2.61 bits per heavy atom. The molecule has 0 radical (unpaired) electrons. The lowest BCUT2D eigenvalue weighted by Crippen LogP contribution is -2.24. The first kappa shape index (κ1) is 17.9. The molecule has 0 saturated heterocycles. The van der Waals surface area contributed by atoms with E-state index in [0.717, 1.165) is 11.3 Å². The van der Waals surface area contributed by atoms with Gasteiger partial charge in [-0.25, -0.2) is 4.79 Å². The van der Waals surface area contributed by atoms with Crippen LogP contribution in [0, 0.1) is 0 Å². The van der Waals surface area contributed by atoms with Crippen LogP contribution in [0.3, 0.4) is 0 Å². The maximum Gasteiger partial charge on any atom is 0.350 e. The van der Waals surface area contributed by atoms with E-state index in [-0.39, 0.29) is 13.2 Å². The second kappa shape index (κ2) is 8.42. The molecule has 1 aromatic carbocycles. The van der Waals surface area contributed by atoms with E-state index in [9.17, 15) is 9.36 Å². The molecule has 0 amide bonds. The van der Waals surface area contributed by atoms with Crippen LogP contribution in [-0.4, -0.2) is 32.3 Å². The van der Waals surface area contributed by atoms with Crippen LogP contribution < -0.4 is 5.69 Å². The third-order valence-corrected chi connectivity index (χ3v) is 4.33. The lowest BCUT2D eigenvalue weighted by atomic mass is 10.2. The van der Waals surface area contributed by atoms with Crippen molar-refractivity contribution in [3.8, 4) is 0 Å². The quantitative estimate of drug-likeness (QED) is 0.321. The van der Waals surface area contributed by atoms with Crippen molar-refractivity contribution in [3.05, 3.63) is 58.6 Å². The summed E-state index contributed by atoms with van der Waals surface area (Å²) in [4.78, 5) is 33.2. The predicted molar refractivity (Wildman–Crippen MR) is 87.4 cm³/mol. The molecule has 124 valence electrons. The molecule has 0 aliphatic rings. The second-order valence-corrected chi connectivity index (χ2v) is 7.30. The van der Waals surface area contributed by atoms with Crippen LogP contribution in [0.4, 0.5) is 0 Å². The van der Waals surface area contributed by atoms with Crippen molar-refractivity contribution >= 4 is 19.4 Å². The fraction of sp³-hybridized carbons (Fsp3) is 0.286. The summed E-state index contributed by atoms with van der Waals surface area (Å²) in [6.45, 7) is 0.221. The van der Waals surface area contributed by atoms with Crippen molar-refractivity contribution in [1.29, 1.82) is 0 Å². The maximum atomic E-state index is 11.9. The van der Waals surface area contributed by atoms with Gasteiger partial charge in [-0.1, -0.05) is 30.3 Å². The molecular weight excluding hydrogens is 339 g/mol. The average molecular weight is 356 g/mol. The fourth-order valence-electron chi connectivity index (χ4n) is 1.74. The Morgan fingerprint density at radius 2 is 1.96 bits per heavy atom. The zero-order chi connectivity index (χ0) is 16.7. The van der Waals surface area contributed by atoms with Gasteiger partial charge in [-0.05, 0) is 11.6 Å². The predicted octanol–water partition coefficient (Wildman–Crippen LogP) is 1.69. The molecule has 1 aromatic heterocycles. The Morgan fingerprint density at radius 1 is 1.22 bits per heavy atom. The first-order chi connectivity index (χ1) is 10.9. The molecule has 0 saturated carbocycles. The fourth-order valence-corrected chi connectivity index (χ4v) is 2.92. The van der Waals surface area contributed by atoms with E-state index in [2.05, 4.69) is 4.98 Å². The first-order valence-electron chi connectivity index (χ1n) is 6.80. The van der Waals surface area contributed by atoms with E-state index in [4.69, 9.17) is 14.5 Å². The Bertz CT molecular complexity index is 731. The molecule has 9 heteroatoms. The molecule has 0 unspecified atom stereocenters. The molecule has 0 fully saturated rings. The molecule has 0 aliphatic carbocycles. The zero-order valence-corrected chi connectivity index (χ0v) is 13.9. The van der Waals surface area contributed by atoms with Crippen molar-refractivity contribution < 1.29 is 19.1 Å². The lowest BCUT2D eigenvalue weighted by Gasteiger charge is -2.08. The van der Waals surface area contributed by atoms with Crippen molar-refractivity contribution in [2.75, 3.05) is 13.0 Å². The van der Waals surface area contributed by atoms with E-state index in [1.54, 1.807) is 12.3 Å². The number of hydrogen-bond donors (Lipinski definition) is 2. The number of nitrogens with zero attached hydrogens (tertiary/aromatic N) is 2. The summed E-state index contributed by atoms with van der Waals surface area (Å²) in [5.41, 5.74) is 0.733. The summed E-state index contributed by atoms with van der Waals surface area (Å²) in [5, 5.41) is 0.631. The second-order valence-electron chi connectivity index (χ2n) is 4.72. The van der Waals surface area contributed by atoms with Crippen molar-refractivity contribution in [2.45, 2.75) is 17.3 Å². The van der Waals surface area contributed by atoms with Crippen LogP contribution >= 0.6 is 19.4 Å². The number of aromatic nitrogens is 2. The van der Waals surface area contributed by atoms with E-state index >= 15 is 0 Å². The Hall–Kier alpha value is -1.44. The lowest BCUT2D eigenvalue weighted by molar-refractivity contribution is 0.147. The van der Waals surface area contributed by atoms with Gasteiger partial charge in [-0.15, -0.1) is 11.8 Å². The molecule has 2 N–H and O–H groups in total. The molecule has 2 rings (SSSR count). The van der Waals surface area contributed by atoms with Crippen LogP contribution in [0.25, 0.3) is 0 Å². The number of thioether (sulfide) groups is 1. The van der Waals surface area contributed by atoms with E-state index < -0.39 is 19.6 Å². The summed E-state index contributed by atoms with van der Waals surface area (Å²) in [7, 11) is -4.17. The minimum absolute atomic E-state index is 0.0310. The van der Waals surface area contributed by atoms with Gasteiger partial charge >= 0.3 is 13.3 Å². The van der Waals surface area contributed by atoms with Gasteiger partial charge in [0.2, 0.25) is 0 Å². The van der Waals surface area contributed by atoms with Gasteiger partial charge in [-0.3, -0.25) is 9.13 Å². The average Bonchev–Trinajstić information content (AvgIpc) is 2.51. The Kier molecular flexibility index (Phi) is 6.56. The molecule has 1 heterocycles. The molecular formula is C14H17N2O5PS. The van der Waals surface area contributed by atoms with Crippen molar-refractivity contribution in [1.82, 2.24) is 9.55 Å². The molecule has 23 heavy (non-hydrogen) atoms. The maximum absolute atomic E-state index is 11.9. The highest BCUT2D eigenvalue weighted by molar-refractivity contribution is 7.98. The highest BCUT2D eigenvalue weighted by atomic mass is 32.2. The number of hydrogen-bond acceptors (Lipinski definition) is 5. The highest BCUT2D eigenvalue weighted by Gasteiger charge is 2.12. The van der Waals surface area contributed by atoms with Crippen LogP contribution in [0.5, 0.6) is 0 Å². The van der Waals surface area contributed by atoms with Crippen molar-refractivity contribution in [2.24, 2.45) is 0 Å². The van der Waals surface area contributed by atoms with Gasteiger partial charge in [0.15, 0.2) is 0 Å². The topological polar surface area (TPSA) is 102 Å². The van der Waals surface area contributed by atoms with Gasteiger partial charge in [0.25, 0.3) is 0 Å². The molecule has 0 aliphatic heterocycles. The molecule has 7 nitrogen and oxygen atoms in total. The van der Waals surface area contributed by atoms with Gasteiger partial charge in [0, 0.05) is 11.9 Å². The van der Waals surface area contributed by atoms with Crippen LogP contribution in [0.1, 0.15) is 5.56 Å². The van der Waals surface area contributed by atoms with Gasteiger partial charge in [0.1, 0.15) is 11.4 Å². The van der Waals surface area contributed by atoms with E-state index in [1.807, 2.05) is 30.3 Å². The Labute approximate surface area is 137 Å². The van der Waals surface area contributed by atoms with Crippen LogP contribution in [0.15, 0.2) is 52.4 Å². The third-order valence-electron chi connectivity index (χ3n) is 2.81. The minimum atomic E-state index is -4.17. The minimum Gasteiger partial charge on any atom is -0.367 e. The summed E-state index contributed by atoms with van der Waals surface area (Å²) in [5.74, 6) is 0.725. The molecule has 0 bridgehead atoms. The van der Waals surface area contributed by atoms with E-state index in [0.29, 0.717) is 5.03 Å². The van der Waals surface area contributed by atoms with Crippen LogP contribution in [0.2, 0.25) is 0 Å². The van der Waals surface area contributed by atoms with Gasteiger partial charge in [0.05, 0.1) is 13.2 Å². The van der Waals surface area contributed by atoms with Crippen molar-refractivity contribution in [3.63, 3.8) is 0 Å². The van der Waals surface area contributed by atoms with Gasteiger partial charge < -0.3 is 14.5 Å². The third kappa shape index (κ3) is 6.68. The monoisotopic (exact) mass is 356 g/mol. The first-order valence-corrected chi connectivity index (χ1v) is 9.59. The zero-order valence-electron chi connectivity index (χ0n) is 12.2. The summed E-state index contributed by atoms with van der Waals surface area (Å²) in [6.07, 6.45) is 0.948. The molecule has 0 spiro atoms. The largest absolute Gasteiger partial charge is 0.367 e. The van der Waals surface area contributed by atoms with Gasteiger partial charge in [-0.2, -0.15) is 4.98 Å². The smallest absolute Gasteiger partial charge is 0.350 e. The summed E-state index contributed by atoms with van der Waals surface area (Å²) in [6, 6.07) is 11.6. The number of ether oxygens (including phenoxy) is 1. The van der Waals surface area contributed by atoms with Crippen LogP contribution in [-0.2, 0) is 21.6 Å². The SMILES string of the molecule is O=c1nc(SCc2ccccc2)ccn1CCOCP(=O)(O)O. The number of rotatable bonds is 8. The highest BCUT2D eigenvalue weighted by Crippen LogP contribution is 2.33. The molecule has 0 atom stereocenters. The normalized spacial score (nSPS) is 11.6. The summed E-state index contributed by atoms with van der Waals surface area (Å²) >= 11 is 1.47. The standard InChI is InChI=1S/C14H17N2O5PS/c17-14-15-13(23-10-12-4-2-1-3-5-12)6-7-16(14)8-9-21-11-22(18,19)20/h1-7H,8-11H2,(H2,18,19,20).